The summed E-state index contributed by atoms with van der Waals surface area (Å²) in [6.07, 6.45) is 2.69. The second kappa shape index (κ2) is 6.88. The molecular formula is C15H24N2O. The van der Waals surface area contributed by atoms with Crippen molar-refractivity contribution in [3.63, 3.8) is 0 Å². The first kappa shape index (κ1) is 13.5. The van der Waals surface area contributed by atoms with Crippen LogP contribution in [-0.2, 0) is 17.8 Å². The van der Waals surface area contributed by atoms with Gasteiger partial charge in [-0.05, 0) is 31.0 Å². The van der Waals surface area contributed by atoms with Crippen LogP contribution in [0.3, 0.4) is 0 Å². The van der Waals surface area contributed by atoms with Gasteiger partial charge < -0.3 is 10.1 Å². The number of nitrogens with one attached hydrogen (secondary N) is 1. The molecule has 1 N–H and O–H groups in total. The zero-order valence-corrected chi connectivity index (χ0v) is 11.5. The highest BCUT2D eigenvalue weighted by Gasteiger charge is 2.20. The van der Waals surface area contributed by atoms with E-state index in [9.17, 15) is 0 Å². The molecule has 1 fully saturated rings. The lowest BCUT2D eigenvalue weighted by Gasteiger charge is -2.18. The number of rotatable bonds is 8. The lowest BCUT2D eigenvalue weighted by atomic mass is 10.1. The van der Waals surface area contributed by atoms with E-state index in [4.69, 9.17) is 4.74 Å². The standard InChI is InChI=1S/C15H24N2O/c1-17(9-10-18-2)12-14-6-4-3-5-13(14)11-16-15-7-8-15/h3-6,15-16H,7-12H2,1-2H3. The zero-order chi connectivity index (χ0) is 12.8. The molecular weight excluding hydrogens is 224 g/mol. The van der Waals surface area contributed by atoms with Crippen molar-refractivity contribution in [1.82, 2.24) is 10.2 Å². The van der Waals surface area contributed by atoms with E-state index in [1.165, 1.54) is 24.0 Å². The molecule has 0 spiro atoms. The van der Waals surface area contributed by atoms with Gasteiger partial charge in [0.1, 0.15) is 0 Å². The Labute approximate surface area is 110 Å². The van der Waals surface area contributed by atoms with Gasteiger partial charge in [0.05, 0.1) is 6.61 Å². The average Bonchev–Trinajstić information content (AvgIpc) is 3.19. The second-order valence-electron chi connectivity index (χ2n) is 5.15. The van der Waals surface area contributed by atoms with Crippen molar-refractivity contribution in [1.29, 1.82) is 0 Å². The van der Waals surface area contributed by atoms with E-state index in [0.29, 0.717) is 0 Å². The van der Waals surface area contributed by atoms with E-state index in [1.807, 2.05) is 0 Å². The van der Waals surface area contributed by atoms with Gasteiger partial charge in [0.2, 0.25) is 0 Å². The Bertz CT molecular complexity index is 363. The average molecular weight is 248 g/mol. The largest absolute Gasteiger partial charge is 0.383 e. The first-order chi connectivity index (χ1) is 8.79. The van der Waals surface area contributed by atoms with Crippen LogP contribution in [0.25, 0.3) is 0 Å². The summed E-state index contributed by atoms with van der Waals surface area (Å²) in [5.41, 5.74) is 2.85. The number of methoxy groups -OCH3 is 1. The summed E-state index contributed by atoms with van der Waals surface area (Å²) >= 11 is 0. The maximum Gasteiger partial charge on any atom is 0.0589 e. The van der Waals surface area contributed by atoms with Crippen LogP contribution in [0.5, 0.6) is 0 Å². The van der Waals surface area contributed by atoms with Gasteiger partial charge in [0.15, 0.2) is 0 Å². The Balaban J connectivity index is 1.88. The summed E-state index contributed by atoms with van der Waals surface area (Å²) < 4.78 is 5.11. The molecule has 0 aliphatic heterocycles. The maximum atomic E-state index is 5.11. The van der Waals surface area contributed by atoms with Gasteiger partial charge >= 0.3 is 0 Å². The van der Waals surface area contributed by atoms with Crippen molar-refractivity contribution in [2.75, 3.05) is 27.3 Å². The predicted octanol–water partition coefficient (Wildman–Crippen LogP) is 2.02. The smallest absolute Gasteiger partial charge is 0.0589 e. The fourth-order valence-corrected chi connectivity index (χ4v) is 2.04. The van der Waals surface area contributed by atoms with Crippen molar-refractivity contribution in [3.05, 3.63) is 35.4 Å². The van der Waals surface area contributed by atoms with E-state index >= 15 is 0 Å². The third-order valence-electron chi connectivity index (χ3n) is 3.39. The molecule has 0 atom stereocenters. The van der Waals surface area contributed by atoms with Gasteiger partial charge in [0, 0.05) is 32.8 Å². The number of nitrogens with zero attached hydrogens (tertiary/aromatic N) is 1. The molecule has 1 aliphatic carbocycles. The highest BCUT2D eigenvalue weighted by atomic mass is 16.5. The molecule has 0 radical (unpaired) electrons. The summed E-state index contributed by atoms with van der Waals surface area (Å²) in [7, 11) is 3.89. The number of hydrogen-bond donors (Lipinski definition) is 1. The van der Waals surface area contributed by atoms with Crippen molar-refractivity contribution in [3.8, 4) is 0 Å². The van der Waals surface area contributed by atoms with Gasteiger partial charge in [-0.25, -0.2) is 0 Å². The highest BCUT2D eigenvalue weighted by Crippen LogP contribution is 2.20. The molecule has 0 unspecified atom stereocenters. The molecule has 0 heterocycles. The van der Waals surface area contributed by atoms with Crippen molar-refractivity contribution >= 4 is 0 Å². The van der Waals surface area contributed by atoms with Crippen molar-refractivity contribution < 1.29 is 4.74 Å². The molecule has 1 aliphatic rings. The molecule has 2 rings (SSSR count). The minimum atomic E-state index is 0.768. The second-order valence-corrected chi connectivity index (χ2v) is 5.15. The molecule has 3 nitrogen and oxygen atoms in total. The normalized spacial score (nSPS) is 15.3. The van der Waals surface area contributed by atoms with Gasteiger partial charge in [-0.2, -0.15) is 0 Å². The Kier molecular flexibility index (Phi) is 5.17. The van der Waals surface area contributed by atoms with Gasteiger partial charge in [-0.3, -0.25) is 4.90 Å². The van der Waals surface area contributed by atoms with Gasteiger partial charge in [-0.15, -0.1) is 0 Å². The van der Waals surface area contributed by atoms with E-state index in [1.54, 1.807) is 7.11 Å². The van der Waals surface area contributed by atoms with Crippen LogP contribution < -0.4 is 5.32 Å². The predicted molar refractivity (Wildman–Crippen MR) is 74.5 cm³/mol. The maximum absolute atomic E-state index is 5.11. The first-order valence-corrected chi connectivity index (χ1v) is 6.77. The Morgan fingerprint density at radius 1 is 1.28 bits per heavy atom. The number of likely N-dealkylation sites (N-methyl/N-ethyl adjacent to an activating group) is 1. The summed E-state index contributed by atoms with van der Waals surface area (Å²) in [5, 5.41) is 3.59. The fourth-order valence-electron chi connectivity index (χ4n) is 2.04. The topological polar surface area (TPSA) is 24.5 Å². The molecule has 1 saturated carbocycles. The van der Waals surface area contributed by atoms with E-state index < -0.39 is 0 Å². The lowest BCUT2D eigenvalue weighted by molar-refractivity contribution is 0.158. The number of hydrogen-bond acceptors (Lipinski definition) is 3. The summed E-state index contributed by atoms with van der Waals surface area (Å²) in [6.45, 7) is 3.75. The molecule has 1 aromatic rings. The van der Waals surface area contributed by atoms with Crippen LogP contribution in [0.15, 0.2) is 24.3 Å². The highest BCUT2D eigenvalue weighted by molar-refractivity contribution is 5.27. The minimum absolute atomic E-state index is 0.768. The molecule has 0 aromatic heterocycles. The zero-order valence-electron chi connectivity index (χ0n) is 11.5. The van der Waals surface area contributed by atoms with Crippen LogP contribution in [0, 0.1) is 0 Å². The van der Waals surface area contributed by atoms with Gasteiger partial charge in [-0.1, -0.05) is 24.3 Å². The summed E-state index contributed by atoms with van der Waals surface area (Å²) in [4.78, 5) is 2.31. The van der Waals surface area contributed by atoms with Crippen LogP contribution in [0.1, 0.15) is 24.0 Å². The molecule has 0 amide bonds. The van der Waals surface area contributed by atoms with Crippen LogP contribution >= 0.6 is 0 Å². The lowest BCUT2D eigenvalue weighted by Crippen LogP contribution is -2.24. The van der Waals surface area contributed by atoms with E-state index in [0.717, 1.165) is 32.3 Å². The monoisotopic (exact) mass is 248 g/mol. The van der Waals surface area contributed by atoms with E-state index in [-0.39, 0.29) is 0 Å². The summed E-state index contributed by atoms with van der Waals surface area (Å²) in [6, 6.07) is 9.48. The van der Waals surface area contributed by atoms with Crippen LogP contribution in [-0.4, -0.2) is 38.3 Å². The van der Waals surface area contributed by atoms with Crippen molar-refractivity contribution in [2.45, 2.75) is 32.0 Å². The minimum Gasteiger partial charge on any atom is -0.383 e. The first-order valence-electron chi connectivity index (χ1n) is 6.77. The molecule has 100 valence electrons. The molecule has 1 aromatic carbocycles. The molecule has 0 saturated heterocycles. The van der Waals surface area contributed by atoms with Gasteiger partial charge in [0.25, 0.3) is 0 Å². The Morgan fingerprint density at radius 3 is 2.67 bits per heavy atom. The SMILES string of the molecule is COCCN(C)Cc1ccccc1CNC1CC1. The molecule has 3 heteroatoms. The summed E-state index contributed by atoms with van der Waals surface area (Å²) in [5.74, 6) is 0. The van der Waals surface area contributed by atoms with E-state index in [2.05, 4.69) is 41.5 Å². The molecule has 18 heavy (non-hydrogen) atoms. The van der Waals surface area contributed by atoms with Crippen molar-refractivity contribution in [2.24, 2.45) is 0 Å². The third kappa shape index (κ3) is 4.41. The third-order valence-corrected chi connectivity index (χ3v) is 3.39. The molecule has 0 bridgehead atoms. The fraction of sp³-hybridized carbons (Fsp3) is 0.600. The number of benzene rings is 1. The number of ether oxygens (including phenoxy) is 1. The Hall–Kier alpha value is -0.900. The van der Waals surface area contributed by atoms with Crippen LogP contribution in [0.2, 0.25) is 0 Å². The van der Waals surface area contributed by atoms with Crippen LogP contribution in [0.4, 0.5) is 0 Å². The Morgan fingerprint density at radius 2 is 2.00 bits per heavy atom. The quantitative estimate of drug-likeness (QED) is 0.761.